The Morgan fingerprint density at radius 2 is 1.71 bits per heavy atom. The molecule has 0 heterocycles. The fourth-order valence-electron chi connectivity index (χ4n) is 1.84. The summed E-state index contributed by atoms with van der Waals surface area (Å²) < 4.78 is 0. The predicted octanol–water partition coefficient (Wildman–Crippen LogP) is 3.36. The number of rotatable bonds is 5. The van der Waals surface area contributed by atoms with Crippen molar-refractivity contribution in [3.8, 4) is 5.75 Å². The van der Waals surface area contributed by atoms with Gasteiger partial charge in [0.05, 0.1) is 0 Å². The van der Waals surface area contributed by atoms with E-state index < -0.39 is 0 Å². The van der Waals surface area contributed by atoms with Gasteiger partial charge in [-0.15, -0.1) is 0 Å². The van der Waals surface area contributed by atoms with E-state index in [-0.39, 0.29) is 17.5 Å². The lowest BCUT2D eigenvalue weighted by molar-refractivity contribution is -0.121. The van der Waals surface area contributed by atoms with Gasteiger partial charge in [-0.3, -0.25) is 4.79 Å². The summed E-state index contributed by atoms with van der Waals surface area (Å²) in [5.74, 6) is 1.07. The van der Waals surface area contributed by atoms with E-state index >= 15 is 0 Å². The van der Waals surface area contributed by atoms with Gasteiger partial charge in [0.15, 0.2) is 0 Å². The first-order valence-electron chi connectivity index (χ1n) is 6.23. The lowest BCUT2D eigenvalue weighted by atomic mass is 9.96. The first-order valence-corrected chi connectivity index (χ1v) is 6.23. The van der Waals surface area contributed by atoms with E-state index in [2.05, 4.69) is 13.8 Å². The highest BCUT2D eigenvalue weighted by Gasteiger charge is 2.10. The molecule has 2 nitrogen and oxygen atoms in total. The molecule has 0 atom stereocenters. The molecular weight excluding hydrogens is 212 g/mol. The summed E-state index contributed by atoms with van der Waals surface area (Å²) in [5.41, 5.74) is 2.02. The van der Waals surface area contributed by atoms with Crippen LogP contribution in [0.15, 0.2) is 18.2 Å². The monoisotopic (exact) mass is 234 g/mol. The third-order valence-electron chi connectivity index (χ3n) is 2.70. The van der Waals surface area contributed by atoms with E-state index in [1.807, 2.05) is 19.9 Å². The summed E-state index contributed by atoms with van der Waals surface area (Å²) in [5, 5.41) is 9.65. The maximum atomic E-state index is 11.7. The van der Waals surface area contributed by atoms with Crippen molar-refractivity contribution in [3.05, 3.63) is 29.3 Å². The van der Waals surface area contributed by atoms with E-state index in [0.29, 0.717) is 12.3 Å². The molecule has 0 saturated heterocycles. The lowest BCUT2D eigenvalue weighted by Gasteiger charge is -2.09. The van der Waals surface area contributed by atoms with Crippen molar-refractivity contribution >= 4 is 5.78 Å². The summed E-state index contributed by atoms with van der Waals surface area (Å²) in [4.78, 5) is 11.7. The SMILES string of the molecule is CC(C)Cc1cc(O)cc(CC(=O)C(C)C)c1. The summed E-state index contributed by atoms with van der Waals surface area (Å²) in [6, 6.07) is 5.49. The largest absolute Gasteiger partial charge is 0.508 e. The second-order valence-corrected chi connectivity index (χ2v) is 5.40. The number of ketones is 1. The van der Waals surface area contributed by atoms with Crippen molar-refractivity contribution in [2.75, 3.05) is 0 Å². The van der Waals surface area contributed by atoms with E-state index in [9.17, 15) is 9.90 Å². The molecule has 0 radical (unpaired) electrons. The Kier molecular flexibility index (Phi) is 4.73. The fourth-order valence-corrected chi connectivity index (χ4v) is 1.84. The lowest BCUT2D eigenvalue weighted by Crippen LogP contribution is -2.10. The van der Waals surface area contributed by atoms with E-state index in [1.54, 1.807) is 12.1 Å². The molecule has 0 aliphatic carbocycles. The van der Waals surface area contributed by atoms with E-state index in [1.165, 1.54) is 0 Å². The molecule has 0 aliphatic heterocycles. The summed E-state index contributed by atoms with van der Waals surface area (Å²) in [7, 11) is 0. The smallest absolute Gasteiger partial charge is 0.139 e. The van der Waals surface area contributed by atoms with E-state index in [0.717, 1.165) is 17.5 Å². The Morgan fingerprint density at radius 3 is 2.24 bits per heavy atom. The van der Waals surface area contributed by atoms with Crippen LogP contribution in [0.2, 0.25) is 0 Å². The van der Waals surface area contributed by atoms with Crippen LogP contribution in [0.5, 0.6) is 5.75 Å². The number of phenolic OH excluding ortho intramolecular Hbond substituents is 1. The van der Waals surface area contributed by atoms with Crippen LogP contribution in [0.3, 0.4) is 0 Å². The number of hydrogen-bond acceptors (Lipinski definition) is 2. The van der Waals surface area contributed by atoms with Gasteiger partial charge in [-0.2, -0.15) is 0 Å². The molecule has 0 aliphatic rings. The Morgan fingerprint density at radius 1 is 1.12 bits per heavy atom. The number of Topliss-reactive ketones (excluding diaryl/α,β-unsaturated/α-hetero) is 1. The normalized spacial score (nSPS) is 11.2. The third kappa shape index (κ3) is 4.59. The molecule has 1 aromatic carbocycles. The van der Waals surface area contributed by atoms with Gasteiger partial charge in [-0.25, -0.2) is 0 Å². The average molecular weight is 234 g/mol. The second-order valence-electron chi connectivity index (χ2n) is 5.40. The Labute approximate surface area is 104 Å². The molecule has 17 heavy (non-hydrogen) atoms. The van der Waals surface area contributed by atoms with Crippen LogP contribution >= 0.6 is 0 Å². The van der Waals surface area contributed by atoms with Gasteiger partial charge in [0.1, 0.15) is 11.5 Å². The van der Waals surface area contributed by atoms with Crippen LogP contribution in [0.25, 0.3) is 0 Å². The molecule has 94 valence electrons. The highest BCUT2D eigenvalue weighted by molar-refractivity contribution is 5.82. The average Bonchev–Trinajstić information content (AvgIpc) is 2.14. The highest BCUT2D eigenvalue weighted by atomic mass is 16.3. The van der Waals surface area contributed by atoms with Crippen LogP contribution < -0.4 is 0 Å². The number of phenols is 1. The molecule has 0 fully saturated rings. The molecule has 1 N–H and O–H groups in total. The van der Waals surface area contributed by atoms with Crippen LogP contribution in [-0.2, 0) is 17.6 Å². The van der Waals surface area contributed by atoms with Crippen molar-refractivity contribution < 1.29 is 9.90 Å². The molecule has 1 rings (SSSR count). The zero-order valence-corrected chi connectivity index (χ0v) is 11.2. The predicted molar refractivity (Wildman–Crippen MR) is 70.2 cm³/mol. The maximum absolute atomic E-state index is 11.7. The van der Waals surface area contributed by atoms with Crippen molar-refractivity contribution in [2.24, 2.45) is 11.8 Å². The van der Waals surface area contributed by atoms with Crippen LogP contribution in [-0.4, -0.2) is 10.9 Å². The number of hydrogen-bond donors (Lipinski definition) is 1. The standard InChI is InChI=1S/C15H22O2/c1-10(2)5-12-6-13(8-14(16)7-12)9-15(17)11(3)4/h6-8,10-11,16H,5,9H2,1-4H3. The zero-order chi connectivity index (χ0) is 13.0. The topological polar surface area (TPSA) is 37.3 Å². The number of benzene rings is 1. The second kappa shape index (κ2) is 5.85. The van der Waals surface area contributed by atoms with Crippen LogP contribution in [0.1, 0.15) is 38.8 Å². The van der Waals surface area contributed by atoms with Crippen molar-refractivity contribution in [2.45, 2.75) is 40.5 Å². The Hall–Kier alpha value is -1.31. The minimum Gasteiger partial charge on any atom is -0.508 e. The van der Waals surface area contributed by atoms with Crippen molar-refractivity contribution in [3.63, 3.8) is 0 Å². The minimum absolute atomic E-state index is 0.0471. The van der Waals surface area contributed by atoms with Crippen molar-refractivity contribution in [1.29, 1.82) is 0 Å². The third-order valence-corrected chi connectivity index (χ3v) is 2.70. The first kappa shape index (κ1) is 13.8. The van der Waals surface area contributed by atoms with Gasteiger partial charge in [-0.1, -0.05) is 33.8 Å². The molecule has 0 amide bonds. The highest BCUT2D eigenvalue weighted by Crippen LogP contribution is 2.19. The molecule has 0 aromatic heterocycles. The first-order chi connectivity index (χ1) is 7.88. The molecule has 0 bridgehead atoms. The van der Waals surface area contributed by atoms with E-state index in [4.69, 9.17) is 0 Å². The number of carbonyl (C=O) groups excluding carboxylic acids is 1. The molecule has 2 heteroatoms. The minimum atomic E-state index is 0.0471. The van der Waals surface area contributed by atoms with Gasteiger partial charge in [0, 0.05) is 12.3 Å². The van der Waals surface area contributed by atoms with Gasteiger partial charge in [0.2, 0.25) is 0 Å². The number of aromatic hydroxyl groups is 1. The summed E-state index contributed by atoms with van der Waals surface area (Å²) in [6.45, 7) is 8.09. The Balaban J connectivity index is 2.85. The van der Waals surface area contributed by atoms with Crippen LogP contribution in [0, 0.1) is 11.8 Å². The fraction of sp³-hybridized carbons (Fsp3) is 0.533. The van der Waals surface area contributed by atoms with Gasteiger partial charge in [0.25, 0.3) is 0 Å². The molecule has 1 aromatic rings. The van der Waals surface area contributed by atoms with Crippen molar-refractivity contribution in [1.82, 2.24) is 0 Å². The summed E-state index contributed by atoms with van der Waals surface area (Å²) >= 11 is 0. The Bertz CT molecular complexity index is 392. The molecule has 0 unspecified atom stereocenters. The molecule has 0 saturated carbocycles. The number of carbonyl (C=O) groups is 1. The zero-order valence-electron chi connectivity index (χ0n) is 11.2. The quantitative estimate of drug-likeness (QED) is 0.848. The molecule has 0 spiro atoms. The molecular formula is C15H22O2. The maximum Gasteiger partial charge on any atom is 0.139 e. The van der Waals surface area contributed by atoms with Gasteiger partial charge >= 0.3 is 0 Å². The van der Waals surface area contributed by atoms with Gasteiger partial charge < -0.3 is 5.11 Å². The summed E-state index contributed by atoms with van der Waals surface area (Å²) in [6.07, 6.45) is 1.34. The van der Waals surface area contributed by atoms with Gasteiger partial charge in [-0.05, 0) is 35.6 Å². The van der Waals surface area contributed by atoms with Crippen LogP contribution in [0.4, 0.5) is 0 Å².